The molecule has 3 heteroatoms. The van der Waals surface area contributed by atoms with Crippen molar-refractivity contribution in [1.82, 2.24) is 0 Å². The molecule has 0 nitrogen and oxygen atoms in total. The summed E-state index contributed by atoms with van der Waals surface area (Å²) in [6.45, 7) is 6.83. The number of aryl methyl sites for hydroxylation is 3. The first-order valence-corrected chi connectivity index (χ1v) is 19.1. The largest absolute Gasteiger partial charge is 1.00 e. The van der Waals surface area contributed by atoms with Gasteiger partial charge in [-0.3, -0.25) is 0 Å². The van der Waals surface area contributed by atoms with Crippen LogP contribution >= 0.6 is 0 Å². The number of benzene rings is 5. The van der Waals surface area contributed by atoms with Crippen LogP contribution in [0.2, 0.25) is 0 Å². The van der Waals surface area contributed by atoms with Crippen LogP contribution < -0.4 is 24.8 Å². The Morgan fingerprint density at radius 1 is 0.605 bits per heavy atom. The summed E-state index contributed by atoms with van der Waals surface area (Å²) in [4.78, 5) is 0. The van der Waals surface area contributed by atoms with Crippen molar-refractivity contribution in [2.75, 3.05) is 0 Å². The Morgan fingerprint density at radius 3 is 1.65 bits per heavy atom. The second kappa shape index (κ2) is 13.4. The van der Waals surface area contributed by atoms with Crippen molar-refractivity contribution in [2.24, 2.45) is 0 Å². The molecule has 0 saturated carbocycles. The second-order valence-corrected chi connectivity index (χ2v) is 17.9. The van der Waals surface area contributed by atoms with Crippen LogP contribution in [0.25, 0.3) is 17.2 Å². The standard InChI is InChI=1S/C17H17.C13H10.C10H9.2ClH.Zr/c1-3-12-5-7-16-14(9-12)11-15-10-13(4-2)6-8-17(15)16;1-3-7-12(8-4-1)11-13-9-5-2-6-10-13;1-8-5-6-9-3-2-4-10(9)7-8;;;/h5-11H,3-4H2,1-2H3;1-10H;2-7H,1H3;2*1H;/q;;;;;+2/p-2. The number of hydrogen-bond donors (Lipinski definition) is 0. The molecule has 214 valence electrons. The van der Waals surface area contributed by atoms with Gasteiger partial charge in [0.25, 0.3) is 0 Å². The Hall–Kier alpha value is -2.83. The molecule has 7 rings (SSSR count). The van der Waals surface area contributed by atoms with E-state index in [0.29, 0.717) is 7.25 Å². The van der Waals surface area contributed by atoms with E-state index in [1.165, 1.54) is 50.1 Å². The molecule has 1 atom stereocenters. The predicted octanol–water partition coefficient (Wildman–Crippen LogP) is 3.85. The molecule has 2 aliphatic rings. The van der Waals surface area contributed by atoms with Crippen molar-refractivity contribution in [2.45, 2.75) is 40.9 Å². The minimum atomic E-state index is -2.74. The predicted molar refractivity (Wildman–Crippen MR) is 172 cm³/mol. The van der Waals surface area contributed by atoms with Crippen LogP contribution in [0, 0.1) is 6.92 Å². The third-order valence-corrected chi connectivity index (χ3v) is 17.8. The van der Waals surface area contributed by atoms with Gasteiger partial charge in [-0.05, 0) is 0 Å². The van der Waals surface area contributed by atoms with Crippen LogP contribution in [0.5, 0.6) is 0 Å². The van der Waals surface area contributed by atoms with Crippen LogP contribution in [-0.2, 0) is 34.1 Å². The van der Waals surface area contributed by atoms with Gasteiger partial charge in [0.2, 0.25) is 0 Å². The Balaban J connectivity index is 0.00000184. The Bertz CT molecular complexity index is 1720. The van der Waals surface area contributed by atoms with Gasteiger partial charge >= 0.3 is 254 Å². The van der Waals surface area contributed by atoms with Gasteiger partial charge in [-0.25, -0.2) is 0 Å². The average molecular weight is 679 g/mol. The van der Waals surface area contributed by atoms with E-state index in [1.54, 1.807) is 14.3 Å². The molecule has 0 heterocycles. The van der Waals surface area contributed by atoms with Crippen molar-refractivity contribution in [3.63, 3.8) is 0 Å². The van der Waals surface area contributed by atoms with Crippen LogP contribution in [0.15, 0.2) is 121 Å². The van der Waals surface area contributed by atoms with Crippen molar-refractivity contribution < 1.29 is 46.1 Å². The maximum absolute atomic E-state index is 2.74. The van der Waals surface area contributed by atoms with Crippen LogP contribution in [0.3, 0.4) is 0 Å². The number of hydrogen-bond acceptors (Lipinski definition) is 0. The molecule has 0 aliphatic heterocycles. The Labute approximate surface area is 276 Å². The topological polar surface area (TPSA) is 0 Å². The minimum absolute atomic E-state index is 0. The second-order valence-electron chi connectivity index (χ2n) is 11.5. The maximum atomic E-state index is 2.58. The fourth-order valence-corrected chi connectivity index (χ4v) is 16.8. The number of fused-ring (bicyclic) bond motifs is 4. The smallest absolute Gasteiger partial charge is 1.00 e. The summed E-state index contributed by atoms with van der Waals surface area (Å²) in [5.41, 5.74) is 16.0. The number of allylic oxidation sites excluding steroid dienone is 1. The maximum Gasteiger partial charge on any atom is -1.00 e. The molecular weight excluding hydrogens is 643 g/mol. The summed E-state index contributed by atoms with van der Waals surface area (Å²) in [6, 6.07) is 44.4. The van der Waals surface area contributed by atoms with Gasteiger partial charge in [0.15, 0.2) is 0 Å². The average Bonchev–Trinajstić information content (AvgIpc) is 3.58. The molecule has 0 saturated heterocycles. The van der Waals surface area contributed by atoms with Crippen LogP contribution in [-0.4, -0.2) is 3.21 Å². The summed E-state index contributed by atoms with van der Waals surface area (Å²) in [7, 11) is 0. The van der Waals surface area contributed by atoms with Gasteiger partial charge in [-0.2, -0.15) is 0 Å². The number of halogens is 2. The van der Waals surface area contributed by atoms with E-state index in [-0.39, 0.29) is 24.8 Å². The summed E-state index contributed by atoms with van der Waals surface area (Å²) < 4.78 is 2.53. The third kappa shape index (κ3) is 5.73. The monoisotopic (exact) mass is 676 g/mol. The fraction of sp³-hybridized carbons (Fsp3) is 0.175. The molecule has 0 bridgehead atoms. The molecule has 1 unspecified atom stereocenters. The molecule has 0 N–H and O–H groups in total. The first kappa shape index (κ1) is 31.6. The van der Waals surface area contributed by atoms with Crippen LogP contribution in [0.1, 0.15) is 71.2 Å². The molecule has 43 heavy (non-hydrogen) atoms. The molecule has 5 aromatic carbocycles. The van der Waals surface area contributed by atoms with Crippen molar-refractivity contribution in [3.05, 3.63) is 171 Å². The van der Waals surface area contributed by atoms with E-state index in [0.717, 1.165) is 12.8 Å². The molecule has 0 fully saturated rings. The molecule has 2 aliphatic carbocycles. The summed E-state index contributed by atoms with van der Waals surface area (Å²) in [5.74, 6) is 0. The zero-order chi connectivity index (χ0) is 27.9. The normalized spacial score (nSPS) is 14.0. The van der Waals surface area contributed by atoms with Crippen LogP contribution in [0.4, 0.5) is 0 Å². The van der Waals surface area contributed by atoms with Gasteiger partial charge in [-0.15, -0.1) is 0 Å². The van der Waals surface area contributed by atoms with Gasteiger partial charge < -0.3 is 24.8 Å². The zero-order valence-electron chi connectivity index (χ0n) is 24.9. The minimum Gasteiger partial charge on any atom is -1.00 e. The number of rotatable bonds is 6. The molecule has 0 radical (unpaired) electrons. The molecule has 0 spiro atoms. The first-order valence-electron chi connectivity index (χ1n) is 15.1. The van der Waals surface area contributed by atoms with E-state index in [2.05, 4.69) is 148 Å². The first-order chi connectivity index (χ1) is 20.2. The van der Waals surface area contributed by atoms with E-state index in [9.17, 15) is 0 Å². The van der Waals surface area contributed by atoms with E-state index >= 15 is 0 Å². The van der Waals surface area contributed by atoms with Gasteiger partial charge in [0.05, 0.1) is 0 Å². The van der Waals surface area contributed by atoms with Gasteiger partial charge in [0.1, 0.15) is 0 Å². The third-order valence-electron chi connectivity index (χ3n) is 9.07. The van der Waals surface area contributed by atoms with Gasteiger partial charge in [0, 0.05) is 0 Å². The van der Waals surface area contributed by atoms with E-state index < -0.39 is 21.3 Å². The molecular formula is C40H36Cl2Zr. The molecule has 0 aromatic heterocycles. The summed E-state index contributed by atoms with van der Waals surface area (Å²) in [5, 5.41) is 0. The van der Waals surface area contributed by atoms with E-state index in [4.69, 9.17) is 0 Å². The van der Waals surface area contributed by atoms with Crippen molar-refractivity contribution in [3.8, 4) is 11.1 Å². The zero-order valence-corrected chi connectivity index (χ0v) is 28.9. The van der Waals surface area contributed by atoms with E-state index in [1.807, 2.05) is 0 Å². The Kier molecular flexibility index (Phi) is 9.87. The van der Waals surface area contributed by atoms with Crippen molar-refractivity contribution >= 4 is 9.28 Å². The molecule has 0 amide bonds. The van der Waals surface area contributed by atoms with Crippen molar-refractivity contribution in [1.29, 1.82) is 0 Å². The quantitative estimate of drug-likeness (QED) is 0.256. The summed E-state index contributed by atoms with van der Waals surface area (Å²) >= 11 is -2.74. The summed E-state index contributed by atoms with van der Waals surface area (Å²) in [6.07, 6.45) is 7.12. The Morgan fingerprint density at radius 2 is 1.14 bits per heavy atom. The van der Waals surface area contributed by atoms with Gasteiger partial charge in [-0.1, -0.05) is 0 Å². The molecule has 5 aromatic rings. The SMILES string of the molecule is CCc1ccc2c(c1)[CH]([Zr+2](=[C](c1ccccc1)c1ccccc1)[CH]1C=Cc3ccc(C)cc31)c1cc(CC)ccc1-2.[Cl-].[Cl-]. The fourth-order valence-electron chi connectivity index (χ4n) is 7.01.